The smallest absolute Gasteiger partial charge is 0.353 e. The molecule has 14 heavy (non-hydrogen) atoms. The number of ether oxygens (including phenoxy) is 2. The summed E-state index contributed by atoms with van der Waals surface area (Å²) >= 11 is 5.14. The first-order valence-corrected chi connectivity index (χ1v) is 4.79. The van der Waals surface area contributed by atoms with Gasteiger partial charge in [0.1, 0.15) is 5.38 Å². The molecule has 0 heterocycles. The first kappa shape index (κ1) is 14.0. The number of rotatable bonds is 6. The van der Waals surface area contributed by atoms with Crippen LogP contribution in [0.5, 0.6) is 0 Å². The minimum atomic E-state index is -4.41. The van der Waals surface area contributed by atoms with Crippen LogP contribution in [-0.4, -0.2) is 31.1 Å². The molecule has 0 aromatic rings. The third-order valence-electron chi connectivity index (χ3n) is 1.46. The lowest BCUT2D eigenvalue weighted by atomic mass is 10.3. The van der Waals surface area contributed by atoms with Gasteiger partial charge in [0.25, 0.3) is 0 Å². The maximum absolute atomic E-state index is 12.0. The van der Waals surface area contributed by atoms with Gasteiger partial charge < -0.3 is 9.47 Å². The largest absolute Gasteiger partial charge is 0.405 e. The van der Waals surface area contributed by atoms with Crippen LogP contribution in [0.2, 0.25) is 0 Å². The van der Waals surface area contributed by atoms with E-state index in [0.29, 0.717) is 13.2 Å². The van der Waals surface area contributed by atoms with Crippen molar-refractivity contribution in [3.8, 4) is 0 Å². The van der Waals surface area contributed by atoms with E-state index in [-0.39, 0.29) is 6.42 Å². The van der Waals surface area contributed by atoms with E-state index < -0.39 is 17.8 Å². The quantitative estimate of drug-likeness (QED) is 0.520. The molecule has 0 fully saturated rings. The van der Waals surface area contributed by atoms with E-state index >= 15 is 0 Å². The fraction of sp³-hybridized carbons (Fsp3) is 1.00. The molecule has 0 saturated carbocycles. The van der Waals surface area contributed by atoms with Crippen LogP contribution in [0.15, 0.2) is 0 Å². The monoisotopic (exact) mass is 234 g/mol. The molecule has 0 aliphatic rings. The minimum absolute atomic E-state index is 0.298. The van der Waals surface area contributed by atoms with E-state index in [1.165, 1.54) is 0 Å². The second kappa shape index (κ2) is 6.48. The van der Waals surface area contributed by atoms with Crippen molar-refractivity contribution in [1.29, 1.82) is 0 Å². The molecule has 0 saturated heterocycles. The average molecular weight is 235 g/mol. The molecule has 0 bridgehead atoms. The Hall–Kier alpha value is -0.0000000000000000486. The molecular weight excluding hydrogens is 221 g/mol. The van der Waals surface area contributed by atoms with Crippen LogP contribution in [0, 0.1) is 0 Å². The van der Waals surface area contributed by atoms with Gasteiger partial charge in [-0.3, -0.25) is 0 Å². The lowest BCUT2D eigenvalue weighted by molar-refractivity contribution is -0.174. The van der Waals surface area contributed by atoms with Crippen LogP contribution in [0.3, 0.4) is 0 Å². The zero-order valence-corrected chi connectivity index (χ0v) is 8.86. The van der Waals surface area contributed by atoms with Crippen LogP contribution in [0.1, 0.15) is 20.3 Å². The summed E-state index contributed by atoms with van der Waals surface area (Å²) in [5.74, 6) is 0. The van der Waals surface area contributed by atoms with Gasteiger partial charge in [-0.1, -0.05) is 0 Å². The average Bonchev–Trinajstić information content (AvgIpc) is 2.03. The Bertz CT molecular complexity index is 146. The van der Waals surface area contributed by atoms with Crippen LogP contribution in [-0.2, 0) is 9.47 Å². The standard InChI is InChI=1S/C8H14ClF3O2/c1-3-13-7(14-4-2)5-6(9)8(10,11)12/h6-7H,3-5H2,1-2H3. The zero-order valence-electron chi connectivity index (χ0n) is 8.10. The van der Waals surface area contributed by atoms with E-state index in [2.05, 4.69) is 0 Å². The maximum atomic E-state index is 12.0. The summed E-state index contributed by atoms with van der Waals surface area (Å²) in [7, 11) is 0. The van der Waals surface area contributed by atoms with Crippen LogP contribution in [0.4, 0.5) is 13.2 Å². The van der Waals surface area contributed by atoms with Crippen molar-refractivity contribution >= 4 is 11.6 Å². The lowest BCUT2D eigenvalue weighted by Crippen LogP contribution is -2.30. The number of hydrogen-bond acceptors (Lipinski definition) is 2. The van der Waals surface area contributed by atoms with Gasteiger partial charge in [0.2, 0.25) is 0 Å². The Labute approximate surface area is 86.3 Å². The summed E-state index contributed by atoms with van der Waals surface area (Å²) in [6.07, 6.45) is -5.67. The topological polar surface area (TPSA) is 18.5 Å². The third-order valence-corrected chi connectivity index (χ3v) is 1.89. The van der Waals surface area contributed by atoms with Crippen LogP contribution in [0.25, 0.3) is 0 Å². The summed E-state index contributed by atoms with van der Waals surface area (Å²) in [6, 6.07) is 0. The molecule has 0 amide bonds. The Morgan fingerprint density at radius 3 is 1.86 bits per heavy atom. The Kier molecular flexibility index (Phi) is 6.48. The molecule has 0 aromatic heterocycles. The Balaban J connectivity index is 4.01. The van der Waals surface area contributed by atoms with Crippen molar-refractivity contribution in [3.05, 3.63) is 0 Å². The van der Waals surface area contributed by atoms with Crippen molar-refractivity contribution in [1.82, 2.24) is 0 Å². The van der Waals surface area contributed by atoms with Gasteiger partial charge in [0.15, 0.2) is 6.29 Å². The summed E-state index contributed by atoms with van der Waals surface area (Å²) in [5.41, 5.74) is 0. The molecule has 0 spiro atoms. The van der Waals surface area contributed by atoms with E-state index in [0.717, 1.165) is 0 Å². The first-order valence-electron chi connectivity index (χ1n) is 4.35. The summed E-state index contributed by atoms with van der Waals surface area (Å²) < 4.78 is 46.0. The molecule has 86 valence electrons. The number of halogens is 4. The maximum Gasteiger partial charge on any atom is 0.405 e. The molecule has 0 radical (unpaired) electrons. The minimum Gasteiger partial charge on any atom is -0.353 e. The number of alkyl halides is 4. The second-order valence-electron chi connectivity index (χ2n) is 2.59. The fourth-order valence-corrected chi connectivity index (χ4v) is 1.00. The molecule has 0 aromatic carbocycles. The van der Waals surface area contributed by atoms with Crippen molar-refractivity contribution < 1.29 is 22.6 Å². The van der Waals surface area contributed by atoms with Crippen molar-refractivity contribution in [2.75, 3.05) is 13.2 Å². The van der Waals surface area contributed by atoms with E-state index in [1.807, 2.05) is 0 Å². The fourth-order valence-electron chi connectivity index (χ4n) is 0.859. The van der Waals surface area contributed by atoms with Crippen molar-refractivity contribution in [2.45, 2.75) is 38.1 Å². The normalized spacial score (nSPS) is 14.8. The molecule has 2 nitrogen and oxygen atoms in total. The van der Waals surface area contributed by atoms with Crippen LogP contribution < -0.4 is 0 Å². The van der Waals surface area contributed by atoms with Gasteiger partial charge in [0, 0.05) is 19.6 Å². The number of hydrogen-bond donors (Lipinski definition) is 0. The van der Waals surface area contributed by atoms with Gasteiger partial charge in [-0.25, -0.2) is 0 Å². The highest BCUT2D eigenvalue weighted by Crippen LogP contribution is 2.28. The molecule has 6 heteroatoms. The molecule has 0 N–H and O–H groups in total. The molecular formula is C8H14ClF3O2. The zero-order chi connectivity index (χ0) is 11.2. The SMILES string of the molecule is CCOC(CC(Cl)C(F)(F)F)OCC. The van der Waals surface area contributed by atoms with E-state index in [4.69, 9.17) is 21.1 Å². The molecule has 1 unspecified atom stereocenters. The van der Waals surface area contributed by atoms with Gasteiger partial charge in [0.05, 0.1) is 0 Å². The third kappa shape index (κ3) is 5.67. The van der Waals surface area contributed by atoms with E-state index in [1.54, 1.807) is 13.8 Å². The first-order chi connectivity index (χ1) is 6.41. The van der Waals surface area contributed by atoms with Crippen LogP contribution >= 0.6 is 11.6 Å². The Morgan fingerprint density at radius 2 is 1.57 bits per heavy atom. The summed E-state index contributed by atoms with van der Waals surface area (Å²) in [4.78, 5) is 0. The molecule has 0 aliphatic carbocycles. The highest BCUT2D eigenvalue weighted by Gasteiger charge is 2.39. The summed E-state index contributed by atoms with van der Waals surface area (Å²) in [6.45, 7) is 3.96. The Morgan fingerprint density at radius 1 is 1.14 bits per heavy atom. The highest BCUT2D eigenvalue weighted by molar-refractivity contribution is 6.21. The molecule has 1 atom stereocenters. The van der Waals surface area contributed by atoms with Gasteiger partial charge >= 0.3 is 6.18 Å². The van der Waals surface area contributed by atoms with Crippen molar-refractivity contribution in [2.24, 2.45) is 0 Å². The highest BCUT2D eigenvalue weighted by atomic mass is 35.5. The van der Waals surface area contributed by atoms with Gasteiger partial charge in [-0.15, -0.1) is 11.6 Å². The molecule has 0 aliphatic heterocycles. The van der Waals surface area contributed by atoms with Gasteiger partial charge in [-0.05, 0) is 13.8 Å². The van der Waals surface area contributed by atoms with Crippen molar-refractivity contribution in [3.63, 3.8) is 0 Å². The van der Waals surface area contributed by atoms with E-state index in [9.17, 15) is 13.2 Å². The lowest BCUT2D eigenvalue weighted by Gasteiger charge is -2.21. The predicted molar refractivity (Wildman–Crippen MR) is 47.4 cm³/mol. The molecule has 0 rings (SSSR count). The summed E-state index contributed by atoms with van der Waals surface area (Å²) in [5, 5.41) is -1.93. The van der Waals surface area contributed by atoms with Gasteiger partial charge in [-0.2, -0.15) is 13.2 Å². The predicted octanol–water partition coefficient (Wildman–Crippen LogP) is 2.95. The second-order valence-corrected chi connectivity index (χ2v) is 3.11.